The molecule has 0 amide bonds. The molecule has 0 N–H and O–H groups in total. The highest BCUT2D eigenvalue weighted by Crippen LogP contribution is 2.19. The van der Waals surface area contributed by atoms with Crippen LogP contribution in [0.15, 0.2) is 88.7 Å². The Morgan fingerprint density at radius 1 is 0.889 bits per heavy atom. The van der Waals surface area contributed by atoms with Gasteiger partial charge in [0.15, 0.2) is 11.2 Å². The monoisotopic (exact) mass is 486 g/mol. The fraction of sp³-hybridized carbons (Fsp3) is 0.179. The van der Waals surface area contributed by atoms with E-state index in [0.717, 1.165) is 10.1 Å². The van der Waals surface area contributed by atoms with Crippen molar-refractivity contribution < 1.29 is 8.78 Å². The molecule has 3 aromatic carbocycles. The number of rotatable bonds is 6. The molecule has 2 aromatic heterocycles. The van der Waals surface area contributed by atoms with Crippen molar-refractivity contribution in [1.29, 1.82) is 0 Å². The van der Waals surface area contributed by atoms with Gasteiger partial charge in [0.25, 0.3) is 5.56 Å². The maximum Gasteiger partial charge on any atom is 0.337 e. The van der Waals surface area contributed by atoms with E-state index in [4.69, 9.17) is 0 Å². The number of hydrogen-bond acceptors (Lipinski definition) is 3. The predicted octanol–water partition coefficient (Wildman–Crippen LogP) is 4.85. The van der Waals surface area contributed by atoms with Crippen molar-refractivity contribution >= 4 is 11.2 Å². The van der Waals surface area contributed by atoms with Gasteiger partial charge in [0.1, 0.15) is 11.6 Å². The Bertz CT molecular complexity index is 1680. The number of halogens is 2. The molecule has 0 aliphatic carbocycles. The Morgan fingerprint density at radius 2 is 1.64 bits per heavy atom. The summed E-state index contributed by atoms with van der Waals surface area (Å²) in [4.78, 5) is 31.7. The van der Waals surface area contributed by atoms with Gasteiger partial charge in [-0.05, 0) is 47.4 Å². The van der Waals surface area contributed by atoms with Crippen LogP contribution in [0.1, 0.15) is 36.5 Å². The maximum absolute atomic E-state index is 14.5. The molecule has 5 aromatic rings. The third kappa shape index (κ3) is 4.26. The van der Waals surface area contributed by atoms with E-state index in [1.54, 1.807) is 41.0 Å². The first-order valence-corrected chi connectivity index (χ1v) is 11.6. The molecule has 0 atom stereocenters. The Morgan fingerprint density at radius 3 is 2.33 bits per heavy atom. The Kier molecular flexibility index (Phi) is 6.10. The highest BCUT2D eigenvalue weighted by atomic mass is 19.1. The minimum atomic E-state index is -0.621. The van der Waals surface area contributed by atoms with Gasteiger partial charge < -0.3 is 4.57 Å². The molecule has 0 bridgehead atoms. The molecule has 0 radical (unpaired) electrons. The average Bonchev–Trinajstić information content (AvgIpc) is 3.26. The zero-order chi connectivity index (χ0) is 25.4. The second kappa shape index (κ2) is 9.37. The largest absolute Gasteiger partial charge is 0.337 e. The molecule has 36 heavy (non-hydrogen) atoms. The molecule has 2 heterocycles. The molecule has 5 rings (SSSR count). The molecule has 8 heteroatoms. The lowest BCUT2D eigenvalue weighted by Gasteiger charge is -2.14. The molecular formula is C28H24F2N4O2. The topological polar surface area (TPSA) is 61.8 Å². The molecule has 0 unspecified atom stereocenters. The van der Waals surface area contributed by atoms with Crippen molar-refractivity contribution in [2.75, 3.05) is 0 Å². The van der Waals surface area contributed by atoms with E-state index in [0.29, 0.717) is 17.2 Å². The summed E-state index contributed by atoms with van der Waals surface area (Å²) < 4.78 is 32.2. The maximum atomic E-state index is 14.5. The molecule has 0 fully saturated rings. The van der Waals surface area contributed by atoms with Crippen LogP contribution < -0.4 is 11.2 Å². The summed E-state index contributed by atoms with van der Waals surface area (Å²) >= 11 is 0. The number of imidazole rings is 1. The Labute approximate surface area is 205 Å². The zero-order valence-corrected chi connectivity index (χ0v) is 19.9. The van der Waals surface area contributed by atoms with Crippen LogP contribution in [0.5, 0.6) is 0 Å². The fourth-order valence-corrected chi connectivity index (χ4v) is 4.31. The fourth-order valence-electron chi connectivity index (χ4n) is 4.31. The van der Waals surface area contributed by atoms with E-state index in [9.17, 15) is 18.4 Å². The van der Waals surface area contributed by atoms with Crippen LogP contribution in [0.4, 0.5) is 8.78 Å². The van der Waals surface area contributed by atoms with Crippen molar-refractivity contribution in [1.82, 2.24) is 18.7 Å². The van der Waals surface area contributed by atoms with Gasteiger partial charge in [0, 0.05) is 12.1 Å². The van der Waals surface area contributed by atoms with Gasteiger partial charge in [-0.3, -0.25) is 9.36 Å². The van der Waals surface area contributed by atoms with Crippen LogP contribution in [0, 0.1) is 11.6 Å². The lowest BCUT2D eigenvalue weighted by Crippen LogP contribution is -2.40. The second-order valence-electron chi connectivity index (χ2n) is 9.02. The molecule has 0 saturated heterocycles. The SMILES string of the molecule is CC(C)c1ccc(-n2c(=O)n(Cc3ccccc3F)c(=O)c3c2ncn3Cc2cccc(F)c2)cc1. The second-order valence-corrected chi connectivity index (χ2v) is 9.02. The van der Waals surface area contributed by atoms with Gasteiger partial charge in [-0.1, -0.05) is 56.3 Å². The quantitative estimate of drug-likeness (QED) is 0.345. The lowest BCUT2D eigenvalue weighted by molar-refractivity contribution is 0.586. The Hall–Kier alpha value is -4.33. The highest BCUT2D eigenvalue weighted by Gasteiger charge is 2.20. The van der Waals surface area contributed by atoms with Gasteiger partial charge in [-0.25, -0.2) is 23.1 Å². The molecular weight excluding hydrogens is 462 g/mol. The van der Waals surface area contributed by atoms with Gasteiger partial charge in [-0.15, -0.1) is 0 Å². The normalized spacial score (nSPS) is 11.5. The standard InChI is InChI=1S/C28H24F2N4O2/c1-18(2)20-10-12-23(13-11-20)34-26-25(32(17-31-26)15-19-6-5-8-22(29)14-19)27(35)33(28(34)36)16-21-7-3-4-9-24(21)30/h3-14,17-18H,15-16H2,1-2H3. The van der Waals surface area contributed by atoms with Crippen molar-refractivity contribution in [2.45, 2.75) is 32.9 Å². The summed E-state index contributed by atoms with van der Waals surface area (Å²) in [6.45, 7) is 4.08. The summed E-state index contributed by atoms with van der Waals surface area (Å²) in [6.07, 6.45) is 1.46. The molecule has 0 saturated carbocycles. The van der Waals surface area contributed by atoms with E-state index in [1.165, 1.54) is 35.2 Å². The summed E-state index contributed by atoms with van der Waals surface area (Å²) in [5.41, 5.74) is 1.62. The first-order valence-electron chi connectivity index (χ1n) is 11.6. The van der Waals surface area contributed by atoms with Crippen molar-refractivity contribution in [3.05, 3.63) is 128 Å². The van der Waals surface area contributed by atoms with E-state index < -0.39 is 22.9 Å². The first kappa shape index (κ1) is 23.4. The predicted molar refractivity (Wildman–Crippen MR) is 135 cm³/mol. The van der Waals surface area contributed by atoms with E-state index >= 15 is 0 Å². The minimum Gasteiger partial charge on any atom is -0.320 e. The Balaban J connectivity index is 1.75. The summed E-state index contributed by atoms with van der Waals surface area (Å²) in [5.74, 6) is -0.600. The van der Waals surface area contributed by atoms with Crippen LogP contribution in [0.3, 0.4) is 0 Å². The number of nitrogens with zero attached hydrogens (tertiary/aromatic N) is 4. The van der Waals surface area contributed by atoms with Crippen molar-refractivity contribution in [3.8, 4) is 5.69 Å². The van der Waals surface area contributed by atoms with Gasteiger partial charge in [0.05, 0.1) is 18.6 Å². The zero-order valence-electron chi connectivity index (χ0n) is 19.9. The van der Waals surface area contributed by atoms with Crippen LogP contribution in [0.2, 0.25) is 0 Å². The van der Waals surface area contributed by atoms with Crippen LogP contribution in [0.25, 0.3) is 16.9 Å². The summed E-state index contributed by atoms with van der Waals surface area (Å²) in [6, 6.07) is 19.5. The van der Waals surface area contributed by atoms with Crippen LogP contribution in [-0.2, 0) is 13.1 Å². The molecule has 0 aliphatic heterocycles. The molecule has 6 nitrogen and oxygen atoms in total. The van der Waals surface area contributed by atoms with Crippen molar-refractivity contribution in [2.24, 2.45) is 0 Å². The molecule has 0 spiro atoms. The first-order chi connectivity index (χ1) is 17.3. The number of benzene rings is 3. The minimum absolute atomic E-state index is 0.170. The van der Waals surface area contributed by atoms with E-state index in [-0.39, 0.29) is 29.8 Å². The average molecular weight is 487 g/mol. The molecule has 0 aliphatic rings. The van der Waals surface area contributed by atoms with Crippen molar-refractivity contribution in [3.63, 3.8) is 0 Å². The number of aromatic nitrogens is 4. The third-order valence-corrected chi connectivity index (χ3v) is 6.25. The van der Waals surface area contributed by atoms with Gasteiger partial charge in [0.2, 0.25) is 0 Å². The van der Waals surface area contributed by atoms with Crippen LogP contribution in [-0.4, -0.2) is 18.7 Å². The van der Waals surface area contributed by atoms with Gasteiger partial charge >= 0.3 is 5.69 Å². The van der Waals surface area contributed by atoms with Gasteiger partial charge in [-0.2, -0.15) is 0 Å². The van der Waals surface area contributed by atoms with E-state index in [1.807, 2.05) is 12.1 Å². The summed E-state index contributed by atoms with van der Waals surface area (Å²) in [5, 5.41) is 0. The van der Waals surface area contributed by atoms with Crippen LogP contribution >= 0.6 is 0 Å². The highest BCUT2D eigenvalue weighted by molar-refractivity contribution is 5.72. The molecule has 182 valence electrons. The summed E-state index contributed by atoms with van der Waals surface area (Å²) in [7, 11) is 0. The number of fused-ring (bicyclic) bond motifs is 1. The van der Waals surface area contributed by atoms with E-state index in [2.05, 4.69) is 18.8 Å². The smallest absolute Gasteiger partial charge is 0.320 e. The number of hydrogen-bond donors (Lipinski definition) is 0. The lowest BCUT2D eigenvalue weighted by atomic mass is 10.0. The third-order valence-electron chi connectivity index (χ3n) is 6.25.